The Bertz CT molecular complexity index is 493. The van der Waals surface area contributed by atoms with Gasteiger partial charge in [0.15, 0.2) is 0 Å². The summed E-state index contributed by atoms with van der Waals surface area (Å²) in [6.45, 7) is 0.744. The van der Waals surface area contributed by atoms with Crippen molar-refractivity contribution in [1.29, 1.82) is 0 Å². The molecule has 0 saturated carbocycles. The minimum Gasteiger partial charge on any atom is -0.497 e. The average Bonchev–Trinajstić information content (AvgIpc) is 2.49. The van der Waals surface area contributed by atoms with Gasteiger partial charge in [-0.05, 0) is 55.0 Å². The van der Waals surface area contributed by atoms with Gasteiger partial charge >= 0.3 is 0 Å². The number of hydrogen-bond acceptors (Lipinski definition) is 2. The number of hydrogen-bond donors (Lipinski definition) is 1. The van der Waals surface area contributed by atoms with Crippen LogP contribution in [0.4, 0.5) is 0 Å². The van der Waals surface area contributed by atoms with Crippen LogP contribution in [0.5, 0.6) is 5.75 Å². The Kier molecular flexibility index (Phi) is 5.63. The summed E-state index contributed by atoms with van der Waals surface area (Å²) in [7, 11) is 1.70. The van der Waals surface area contributed by atoms with Crippen LogP contribution in [0.1, 0.15) is 17.5 Å². The van der Waals surface area contributed by atoms with Crippen LogP contribution >= 0.6 is 0 Å². The van der Waals surface area contributed by atoms with Crippen molar-refractivity contribution >= 4 is 0 Å². The first-order chi connectivity index (χ1) is 9.81. The molecule has 0 aliphatic rings. The van der Waals surface area contributed by atoms with Crippen molar-refractivity contribution in [2.45, 2.75) is 19.3 Å². The van der Waals surface area contributed by atoms with E-state index in [4.69, 9.17) is 10.5 Å². The monoisotopic (exact) mass is 269 g/mol. The lowest BCUT2D eigenvalue weighted by Gasteiger charge is -2.16. The lowest BCUT2D eigenvalue weighted by molar-refractivity contribution is 0.414. The van der Waals surface area contributed by atoms with E-state index in [2.05, 4.69) is 42.5 Å². The van der Waals surface area contributed by atoms with E-state index in [1.807, 2.05) is 12.1 Å². The zero-order valence-corrected chi connectivity index (χ0v) is 12.1. The van der Waals surface area contributed by atoms with E-state index >= 15 is 0 Å². The van der Waals surface area contributed by atoms with Gasteiger partial charge in [0.25, 0.3) is 0 Å². The molecule has 0 aliphatic carbocycles. The Hall–Kier alpha value is -1.80. The highest BCUT2D eigenvalue weighted by atomic mass is 16.5. The molecule has 0 bridgehead atoms. The minimum atomic E-state index is 0.593. The molecule has 0 saturated heterocycles. The predicted octanol–water partition coefficient (Wildman–Crippen LogP) is 3.45. The van der Waals surface area contributed by atoms with Crippen LogP contribution in [0, 0.1) is 5.92 Å². The van der Waals surface area contributed by atoms with Crippen LogP contribution in [0.2, 0.25) is 0 Å². The van der Waals surface area contributed by atoms with Gasteiger partial charge in [-0.2, -0.15) is 0 Å². The molecule has 0 aliphatic heterocycles. The van der Waals surface area contributed by atoms with Crippen molar-refractivity contribution in [3.05, 3.63) is 65.7 Å². The number of benzene rings is 2. The topological polar surface area (TPSA) is 35.2 Å². The molecule has 2 heteroatoms. The van der Waals surface area contributed by atoms with Crippen molar-refractivity contribution in [3.8, 4) is 5.75 Å². The van der Waals surface area contributed by atoms with Crippen LogP contribution in [0.25, 0.3) is 0 Å². The van der Waals surface area contributed by atoms with Gasteiger partial charge in [0.05, 0.1) is 7.11 Å². The summed E-state index contributed by atoms with van der Waals surface area (Å²) < 4.78 is 5.20. The SMILES string of the molecule is COc1ccc(CC(CCN)Cc2ccccc2)cc1. The summed E-state index contributed by atoms with van der Waals surface area (Å²) in [5, 5.41) is 0. The molecule has 0 spiro atoms. The molecule has 106 valence electrons. The van der Waals surface area contributed by atoms with E-state index < -0.39 is 0 Å². The molecule has 1 atom stereocenters. The van der Waals surface area contributed by atoms with Gasteiger partial charge in [0, 0.05) is 0 Å². The van der Waals surface area contributed by atoms with Crippen molar-refractivity contribution in [3.63, 3.8) is 0 Å². The zero-order valence-electron chi connectivity index (χ0n) is 12.1. The molecule has 0 amide bonds. The average molecular weight is 269 g/mol. The first-order valence-corrected chi connectivity index (χ1v) is 7.18. The Balaban J connectivity index is 2.00. The van der Waals surface area contributed by atoms with Gasteiger partial charge < -0.3 is 10.5 Å². The van der Waals surface area contributed by atoms with Gasteiger partial charge in [-0.3, -0.25) is 0 Å². The summed E-state index contributed by atoms with van der Waals surface area (Å²) in [5.41, 5.74) is 8.50. The largest absolute Gasteiger partial charge is 0.497 e. The molecule has 0 radical (unpaired) electrons. The molecular weight excluding hydrogens is 246 g/mol. The van der Waals surface area contributed by atoms with E-state index in [1.165, 1.54) is 11.1 Å². The second kappa shape index (κ2) is 7.71. The van der Waals surface area contributed by atoms with Crippen molar-refractivity contribution < 1.29 is 4.74 Å². The summed E-state index contributed by atoms with van der Waals surface area (Å²) in [4.78, 5) is 0. The van der Waals surface area contributed by atoms with Gasteiger partial charge in [0.2, 0.25) is 0 Å². The molecule has 2 aromatic carbocycles. The number of methoxy groups -OCH3 is 1. The fourth-order valence-corrected chi connectivity index (χ4v) is 2.55. The standard InChI is InChI=1S/C18H23NO/c1-20-18-9-7-16(8-10-18)14-17(11-12-19)13-15-5-3-2-4-6-15/h2-10,17H,11-14,19H2,1H3. The van der Waals surface area contributed by atoms with Gasteiger partial charge in [0.1, 0.15) is 5.75 Å². The third kappa shape index (κ3) is 4.39. The molecular formula is C18H23NO. The number of rotatable bonds is 7. The third-order valence-corrected chi connectivity index (χ3v) is 3.63. The minimum absolute atomic E-state index is 0.593. The fraction of sp³-hybridized carbons (Fsp3) is 0.333. The molecule has 1 unspecified atom stereocenters. The van der Waals surface area contributed by atoms with Crippen molar-refractivity contribution in [1.82, 2.24) is 0 Å². The third-order valence-electron chi connectivity index (χ3n) is 3.63. The van der Waals surface area contributed by atoms with Crippen LogP contribution in [0.3, 0.4) is 0 Å². The van der Waals surface area contributed by atoms with Crippen LogP contribution in [-0.2, 0) is 12.8 Å². The summed E-state index contributed by atoms with van der Waals surface area (Å²) in [5.74, 6) is 1.50. The predicted molar refractivity (Wildman–Crippen MR) is 84.0 cm³/mol. The molecule has 0 heterocycles. The fourth-order valence-electron chi connectivity index (χ4n) is 2.55. The molecule has 0 fully saturated rings. The summed E-state index contributed by atoms with van der Waals surface area (Å²) >= 11 is 0. The molecule has 2 N–H and O–H groups in total. The maximum atomic E-state index is 5.76. The van der Waals surface area contributed by atoms with E-state index in [0.29, 0.717) is 5.92 Å². The quantitative estimate of drug-likeness (QED) is 0.835. The lowest BCUT2D eigenvalue weighted by Crippen LogP contribution is -2.14. The number of ether oxygens (including phenoxy) is 1. The molecule has 20 heavy (non-hydrogen) atoms. The van der Waals surface area contributed by atoms with E-state index in [0.717, 1.165) is 31.6 Å². The first kappa shape index (κ1) is 14.6. The normalized spacial score (nSPS) is 12.1. The zero-order chi connectivity index (χ0) is 14.2. The summed E-state index contributed by atoms with van der Waals surface area (Å²) in [6.07, 6.45) is 3.21. The van der Waals surface area contributed by atoms with E-state index in [-0.39, 0.29) is 0 Å². The second-order valence-electron chi connectivity index (χ2n) is 5.19. The summed E-state index contributed by atoms with van der Waals surface area (Å²) in [6, 6.07) is 19.0. The Morgan fingerprint density at radius 2 is 1.50 bits per heavy atom. The Morgan fingerprint density at radius 1 is 0.900 bits per heavy atom. The van der Waals surface area contributed by atoms with Gasteiger partial charge in [-0.1, -0.05) is 42.5 Å². The van der Waals surface area contributed by atoms with Crippen LogP contribution in [-0.4, -0.2) is 13.7 Å². The maximum Gasteiger partial charge on any atom is 0.118 e. The Morgan fingerprint density at radius 3 is 2.05 bits per heavy atom. The van der Waals surface area contributed by atoms with E-state index in [9.17, 15) is 0 Å². The van der Waals surface area contributed by atoms with Gasteiger partial charge in [-0.15, -0.1) is 0 Å². The first-order valence-electron chi connectivity index (χ1n) is 7.18. The van der Waals surface area contributed by atoms with Crippen molar-refractivity contribution in [2.24, 2.45) is 11.7 Å². The Labute approximate surface area is 121 Å². The molecule has 0 aromatic heterocycles. The molecule has 2 nitrogen and oxygen atoms in total. The lowest BCUT2D eigenvalue weighted by atomic mass is 9.90. The highest BCUT2D eigenvalue weighted by molar-refractivity contribution is 5.27. The van der Waals surface area contributed by atoms with Crippen molar-refractivity contribution in [2.75, 3.05) is 13.7 Å². The maximum absolute atomic E-state index is 5.76. The van der Waals surface area contributed by atoms with Crippen LogP contribution in [0.15, 0.2) is 54.6 Å². The smallest absolute Gasteiger partial charge is 0.118 e. The van der Waals surface area contributed by atoms with E-state index in [1.54, 1.807) is 7.11 Å². The highest BCUT2D eigenvalue weighted by Crippen LogP contribution is 2.19. The highest BCUT2D eigenvalue weighted by Gasteiger charge is 2.10. The van der Waals surface area contributed by atoms with Crippen LogP contribution < -0.4 is 10.5 Å². The van der Waals surface area contributed by atoms with Gasteiger partial charge in [-0.25, -0.2) is 0 Å². The molecule has 2 aromatic rings. The number of nitrogens with two attached hydrogens (primary N) is 1. The second-order valence-corrected chi connectivity index (χ2v) is 5.19. The molecule has 2 rings (SSSR count).